The molecule has 1 heterocycles. The molecule has 0 amide bonds. The van der Waals surface area contributed by atoms with Crippen LogP contribution in [0.4, 0.5) is 11.6 Å². The van der Waals surface area contributed by atoms with Gasteiger partial charge in [-0.25, -0.2) is 0 Å². The molecule has 0 aliphatic rings. The molecular weight excluding hydrogens is 332 g/mol. The van der Waals surface area contributed by atoms with Gasteiger partial charge in [0.15, 0.2) is 5.82 Å². The number of benzene rings is 2. The van der Waals surface area contributed by atoms with Gasteiger partial charge < -0.3 is 10.1 Å². The van der Waals surface area contributed by atoms with E-state index in [1.165, 1.54) is 0 Å². The topological polar surface area (TPSA) is 62.8 Å². The van der Waals surface area contributed by atoms with Crippen LogP contribution in [0.15, 0.2) is 53.0 Å². The number of methoxy groups -OCH3 is 1. The molecule has 1 aromatic heterocycles. The maximum absolute atomic E-state index is 5.12. The number of ether oxygens (including phenoxy) is 1. The first-order chi connectivity index (χ1) is 10.2. The summed E-state index contributed by atoms with van der Waals surface area (Å²) in [6, 6.07) is 15.5. The first-order valence-corrected chi connectivity index (χ1v) is 7.13. The lowest BCUT2D eigenvalue weighted by molar-refractivity contribution is 0.415. The molecule has 106 valence electrons. The molecule has 6 heteroatoms. The Morgan fingerprint density at radius 2 is 1.95 bits per heavy atom. The first-order valence-electron chi connectivity index (χ1n) is 6.34. The van der Waals surface area contributed by atoms with Crippen LogP contribution in [0, 0.1) is 0 Å². The van der Waals surface area contributed by atoms with Gasteiger partial charge in [-0.1, -0.05) is 28.1 Å². The van der Waals surface area contributed by atoms with E-state index in [0.717, 1.165) is 21.5 Å². The van der Waals surface area contributed by atoms with Gasteiger partial charge in [0, 0.05) is 15.7 Å². The zero-order valence-corrected chi connectivity index (χ0v) is 12.9. The minimum atomic E-state index is 0.523. The van der Waals surface area contributed by atoms with Crippen molar-refractivity contribution in [1.29, 1.82) is 0 Å². The summed E-state index contributed by atoms with van der Waals surface area (Å²) in [5.74, 6) is 2.05. The van der Waals surface area contributed by atoms with Gasteiger partial charge in [0.1, 0.15) is 5.75 Å². The largest absolute Gasteiger partial charge is 0.497 e. The molecule has 2 N–H and O–H groups in total. The molecule has 0 aliphatic carbocycles. The van der Waals surface area contributed by atoms with E-state index in [1.54, 1.807) is 7.11 Å². The highest BCUT2D eigenvalue weighted by molar-refractivity contribution is 9.10. The molecular formula is C15H13BrN4O. The normalized spacial score (nSPS) is 10.4. The van der Waals surface area contributed by atoms with Crippen molar-refractivity contribution in [2.75, 3.05) is 12.4 Å². The molecule has 21 heavy (non-hydrogen) atoms. The van der Waals surface area contributed by atoms with Crippen LogP contribution in [-0.2, 0) is 0 Å². The smallest absolute Gasteiger partial charge is 0.246 e. The summed E-state index contributed by atoms with van der Waals surface area (Å²) in [6.45, 7) is 0. The summed E-state index contributed by atoms with van der Waals surface area (Å²) in [5.41, 5.74) is 1.87. The third kappa shape index (κ3) is 3.22. The minimum absolute atomic E-state index is 0.523. The predicted molar refractivity (Wildman–Crippen MR) is 85.8 cm³/mol. The number of aromatic nitrogens is 3. The van der Waals surface area contributed by atoms with Crippen molar-refractivity contribution in [1.82, 2.24) is 15.2 Å². The van der Waals surface area contributed by atoms with Crippen molar-refractivity contribution < 1.29 is 4.74 Å². The molecule has 0 radical (unpaired) electrons. The van der Waals surface area contributed by atoms with E-state index in [1.807, 2.05) is 48.5 Å². The highest BCUT2D eigenvalue weighted by Gasteiger charge is 2.06. The maximum Gasteiger partial charge on any atom is 0.246 e. The fraction of sp³-hybridized carbons (Fsp3) is 0.0667. The van der Waals surface area contributed by atoms with Crippen molar-refractivity contribution in [3.05, 3.63) is 53.0 Å². The van der Waals surface area contributed by atoms with Gasteiger partial charge in [-0.3, -0.25) is 5.10 Å². The number of H-pyrrole nitrogens is 1. The van der Waals surface area contributed by atoms with Crippen LogP contribution in [0.3, 0.4) is 0 Å². The van der Waals surface area contributed by atoms with Crippen molar-refractivity contribution in [3.8, 4) is 17.1 Å². The standard InChI is InChI=1S/C15H13BrN4O/c1-21-13-7-5-12(6-8-13)17-15-18-14(19-20-15)10-3-2-4-11(16)9-10/h2-9H,1H3,(H2,17,18,19,20). The van der Waals surface area contributed by atoms with E-state index in [2.05, 4.69) is 36.4 Å². The van der Waals surface area contributed by atoms with Crippen LogP contribution in [0.25, 0.3) is 11.4 Å². The van der Waals surface area contributed by atoms with Crippen LogP contribution in [0.5, 0.6) is 5.75 Å². The Morgan fingerprint density at radius 1 is 1.14 bits per heavy atom. The molecule has 0 spiro atoms. The fourth-order valence-electron chi connectivity index (χ4n) is 1.89. The number of hydrogen-bond acceptors (Lipinski definition) is 4. The molecule has 5 nitrogen and oxygen atoms in total. The zero-order valence-electron chi connectivity index (χ0n) is 11.3. The number of rotatable bonds is 4. The Hall–Kier alpha value is -2.34. The summed E-state index contributed by atoms with van der Waals surface area (Å²) in [4.78, 5) is 4.43. The Balaban J connectivity index is 1.78. The maximum atomic E-state index is 5.12. The first kappa shape index (κ1) is 13.6. The number of aromatic amines is 1. The van der Waals surface area contributed by atoms with Crippen LogP contribution < -0.4 is 10.1 Å². The SMILES string of the molecule is COc1ccc(Nc2n[nH]c(-c3cccc(Br)c3)n2)cc1. The number of halogens is 1. The van der Waals surface area contributed by atoms with E-state index in [0.29, 0.717) is 11.8 Å². The van der Waals surface area contributed by atoms with E-state index >= 15 is 0 Å². The molecule has 0 fully saturated rings. The number of hydrogen-bond donors (Lipinski definition) is 2. The molecule has 0 atom stereocenters. The lowest BCUT2D eigenvalue weighted by atomic mass is 10.2. The molecule has 2 aromatic carbocycles. The Labute approximate surface area is 130 Å². The van der Waals surface area contributed by atoms with E-state index < -0.39 is 0 Å². The molecule has 0 saturated carbocycles. The van der Waals surface area contributed by atoms with Crippen molar-refractivity contribution in [2.24, 2.45) is 0 Å². The lowest BCUT2D eigenvalue weighted by Crippen LogP contribution is -1.92. The summed E-state index contributed by atoms with van der Waals surface area (Å²) < 4.78 is 6.12. The van der Waals surface area contributed by atoms with Gasteiger partial charge in [0.05, 0.1) is 7.11 Å². The van der Waals surface area contributed by atoms with E-state index in [-0.39, 0.29) is 0 Å². The van der Waals surface area contributed by atoms with Crippen molar-refractivity contribution in [2.45, 2.75) is 0 Å². The minimum Gasteiger partial charge on any atom is -0.497 e. The quantitative estimate of drug-likeness (QED) is 0.751. The van der Waals surface area contributed by atoms with Crippen LogP contribution >= 0.6 is 15.9 Å². The van der Waals surface area contributed by atoms with Crippen molar-refractivity contribution >= 4 is 27.6 Å². The predicted octanol–water partition coefficient (Wildman–Crippen LogP) is 3.99. The molecule has 0 bridgehead atoms. The molecule has 3 aromatic rings. The van der Waals surface area contributed by atoms with Gasteiger partial charge in [0.25, 0.3) is 0 Å². The average molecular weight is 345 g/mol. The van der Waals surface area contributed by atoms with Crippen LogP contribution in [0.1, 0.15) is 0 Å². The van der Waals surface area contributed by atoms with Crippen molar-refractivity contribution in [3.63, 3.8) is 0 Å². The highest BCUT2D eigenvalue weighted by Crippen LogP contribution is 2.22. The van der Waals surface area contributed by atoms with E-state index in [9.17, 15) is 0 Å². The number of nitrogens with zero attached hydrogens (tertiary/aromatic N) is 2. The Kier molecular flexibility index (Phi) is 3.87. The molecule has 0 aliphatic heterocycles. The van der Waals surface area contributed by atoms with Crippen LogP contribution in [-0.4, -0.2) is 22.3 Å². The number of nitrogens with one attached hydrogen (secondary N) is 2. The zero-order chi connectivity index (χ0) is 14.7. The average Bonchev–Trinajstić information content (AvgIpc) is 2.97. The van der Waals surface area contributed by atoms with Gasteiger partial charge in [-0.2, -0.15) is 4.98 Å². The summed E-state index contributed by atoms with van der Waals surface area (Å²) in [6.07, 6.45) is 0. The summed E-state index contributed by atoms with van der Waals surface area (Å²) in [7, 11) is 1.64. The fourth-order valence-corrected chi connectivity index (χ4v) is 2.29. The van der Waals surface area contributed by atoms with Gasteiger partial charge in [0.2, 0.25) is 5.95 Å². The second kappa shape index (κ2) is 5.97. The highest BCUT2D eigenvalue weighted by atomic mass is 79.9. The second-order valence-corrected chi connectivity index (χ2v) is 5.29. The monoisotopic (exact) mass is 344 g/mol. The lowest BCUT2D eigenvalue weighted by Gasteiger charge is -2.03. The summed E-state index contributed by atoms with van der Waals surface area (Å²) in [5, 5.41) is 10.2. The third-order valence-corrected chi connectivity index (χ3v) is 3.42. The Morgan fingerprint density at radius 3 is 2.67 bits per heavy atom. The second-order valence-electron chi connectivity index (χ2n) is 4.37. The Bertz CT molecular complexity index is 739. The molecule has 3 rings (SSSR count). The number of anilines is 2. The van der Waals surface area contributed by atoms with Gasteiger partial charge in [-0.15, -0.1) is 5.10 Å². The van der Waals surface area contributed by atoms with E-state index in [4.69, 9.17) is 4.74 Å². The summed E-state index contributed by atoms with van der Waals surface area (Å²) >= 11 is 3.44. The van der Waals surface area contributed by atoms with Gasteiger partial charge in [-0.05, 0) is 36.4 Å². The molecule has 0 saturated heterocycles. The van der Waals surface area contributed by atoms with Gasteiger partial charge >= 0.3 is 0 Å². The third-order valence-electron chi connectivity index (χ3n) is 2.93. The van der Waals surface area contributed by atoms with Crippen LogP contribution in [0.2, 0.25) is 0 Å². The molecule has 0 unspecified atom stereocenters.